The van der Waals surface area contributed by atoms with Gasteiger partial charge in [-0.25, -0.2) is 5.84 Å². The van der Waals surface area contributed by atoms with E-state index in [9.17, 15) is 19.2 Å². The number of hydrogen-bond acceptors (Lipinski definition) is 13. The largest absolute Gasteiger partial charge is 0.494 e. The number of nitrogens with zero attached hydrogens (tertiary/aromatic N) is 9. The van der Waals surface area contributed by atoms with Crippen LogP contribution in [0.4, 0.5) is 0 Å². The van der Waals surface area contributed by atoms with Crippen LogP contribution >= 0.6 is 11.6 Å². The molecule has 6 N–H and O–H groups in total. The second kappa shape index (κ2) is 27.2. The molecule has 0 spiro atoms. The van der Waals surface area contributed by atoms with Gasteiger partial charge in [0.15, 0.2) is 12.0 Å². The fourth-order valence-electron chi connectivity index (χ4n) is 9.28. The van der Waals surface area contributed by atoms with Crippen LogP contribution in [0.15, 0.2) is 121 Å². The molecule has 7 heterocycles. The second-order valence-electron chi connectivity index (χ2n) is 19.3. The number of ether oxygens (including phenoxy) is 1. The Morgan fingerprint density at radius 2 is 1.51 bits per heavy atom. The summed E-state index contributed by atoms with van der Waals surface area (Å²) in [5.74, 6) is 6.62. The smallest absolute Gasteiger partial charge is 0.269 e. The molecule has 414 valence electrons. The number of pyridine rings is 1. The predicted molar refractivity (Wildman–Crippen MR) is 313 cm³/mol. The topological polar surface area (TPSA) is 234 Å². The van der Waals surface area contributed by atoms with Gasteiger partial charge < -0.3 is 49.5 Å². The van der Waals surface area contributed by atoms with E-state index in [0.717, 1.165) is 84.6 Å². The summed E-state index contributed by atoms with van der Waals surface area (Å²) in [7, 11) is 11.1. The van der Waals surface area contributed by atoms with Gasteiger partial charge in [-0.1, -0.05) is 42.8 Å². The summed E-state index contributed by atoms with van der Waals surface area (Å²) in [5.41, 5.74) is 15.7. The fraction of sp³-hybridized carbons (Fsp3) is 0.305. The molecule has 8 aromatic rings. The number of benzene rings is 3. The lowest BCUT2D eigenvalue weighted by Gasteiger charge is -2.28. The third-order valence-corrected chi connectivity index (χ3v) is 13.3. The van der Waals surface area contributed by atoms with Gasteiger partial charge >= 0.3 is 0 Å². The zero-order valence-corrected chi connectivity index (χ0v) is 46.9. The van der Waals surface area contributed by atoms with E-state index in [1.807, 2.05) is 92.3 Å². The molecule has 2 aliphatic rings. The summed E-state index contributed by atoms with van der Waals surface area (Å²) in [6.45, 7) is 7.19. The number of aryl methyl sites for hydroxylation is 1. The standard InChI is InChI=1S/C29H28ClN7O2.C25H27N5O4.C3H9N.C2H6/c1-35(2)29(39)27-15-23-21(22-12-18-5-7-31-25(18)16-24(22)30)13-20(14-26(23)33-27)19-4-3-9-36(17-19)28(38)6-10-37-11-8-32-34-37;1-33-23-14-28-7-4-21(23)22-13-18(11-19-12-20(16-31)34-25(19)22)17-3-2-8-29(15-17)24(32)5-9-30(27)10-6-26;1-4(2)3;1-2/h4-5,7-8,11-16,31,33H,3,6,9-10,17H2,1-2H3;3-4,6-7,10-14,16H,2,5,8-9,15,26-27H2,1H3;1-3H3;1-2H3/b;10-6-;;. The molecule has 0 unspecified atom stereocenters. The number of rotatable bonds is 14. The van der Waals surface area contributed by atoms with Crippen LogP contribution in [0.1, 0.15) is 71.7 Å². The van der Waals surface area contributed by atoms with Crippen LogP contribution in [0.5, 0.6) is 5.75 Å². The molecule has 0 saturated heterocycles. The Bertz CT molecular complexity index is 3500. The van der Waals surface area contributed by atoms with Crippen molar-refractivity contribution in [2.75, 3.05) is 75.1 Å². The van der Waals surface area contributed by atoms with Crippen molar-refractivity contribution in [3.63, 3.8) is 0 Å². The van der Waals surface area contributed by atoms with Crippen molar-refractivity contribution in [2.24, 2.45) is 11.6 Å². The minimum atomic E-state index is -0.105. The Morgan fingerprint density at radius 1 is 0.823 bits per heavy atom. The molecule has 0 bridgehead atoms. The first kappa shape index (κ1) is 58.2. The average molecular weight is 1090 g/mol. The maximum Gasteiger partial charge on any atom is 0.269 e. The SMILES string of the molecule is CC.CN(C)C.CN(C)C(=O)c1cc2c(-c3cc4cc[nH]c4cc3Cl)cc(C3=CCCN(C(=O)CCn4ccnn4)C3)cc2[nH]1.COc1cnccc1-c1cc(C2=CCCN(C(=O)CCN(N)/C=C\N)C2)cc2cc(C=O)oc12. The van der Waals surface area contributed by atoms with Gasteiger partial charge in [-0.3, -0.25) is 28.8 Å². The normalized spacial score (nSPS) is 13.3. The molecular weight excluding hydrogens is 1020 g/mol. The molecule has 0 aliphatic carbocycles. The van der Waals surface area contributed by atoms with Crippen LogP contribution in [0.2, 0.25) is 5.02 Å². The lowest BCUT2D eigenvalue weighted by atomic mass is 9.93. The second-order valence-corrected chi connectivity index (χ2v) is 19.7. The van der Waals surface area contributed by atoms with E-state index >= 15 is 0 Å². The van der Waals surface area contributed by atoms with Crippen LogP contribution in [0.25, 0.3) is 66.2 Å². The maximum atomic E-state index is 13.0. The highest BCUT2D eigenvalue weighted by atomic mass is 35.5. The average Bonchev–Trinajstić information content (AvgIpc) is 4.51. The molecule has 10 rings (SSSR count). The van der Waals surface area contributed by atoms with Crippen molar-refractivity contribution >= 4 is 79.5 Å². The number of furan rings is 1. The zero-order chi connectivity index (χ0) is 56.8. The number of aldehydes is 1. The Labute approximate surface area is 465 Å². The summed E-state index contributed by atoms with van der Waals surface area (Å²) in [6, 6.07) is 19.6. The molecule has 3 amide bonds. The maximum absolute atomic E-state index is 13.0. The lowest BCUT2D eigenvalue weighted by molar-refractivity contribution is -0.131. The van der Waals surface area contributed by atoms with Crippen molar-refractivity contribution in [3.05, 3.63) is 144 Å². The van der Waals surface area contributed by atoms with E-state index < -0.39 is 0 Å². The summed E-state index contributed by atoms with van der Waals surface area (Å²) < 4.78 is 13.0. The van der Waals surface area contributed by atoms with Gasteiger partial charge in [-0.05, 0) is 122 Å². The van der Waals surface area contributed by atoms with Crippen LogP contribution in [0, 0.1) is 0 Å². The number of aromatic amines is 2. The highest BCUT2D eigenvalue weighted by Crippen LogP contribution is 2.41. The molecule has 3 aromatic carbocycles. The molecular formula is C59H70ClN13O6. The minimum absolute atomic E-state index is 0.0233. The van der Waals surface area contributed by atoms with Crippen LogP contribution in [0.3, 0.4) is 0 Å². The fourth-order valence-corrected chi connectivity index (χ4v) is 9.55. The number of nitrogens with two attached hydrogens (primary N) is 2. The zero-order valence-electron chi connectivity index (χ0n) is 46.1. The summed E-state index contributed by atoms with van der Waals surface area (Å²) in [6.07, 6.45) is 18.6. The Morgan fingerprint density at radius 3 is 2.15 bits per heavy atom. The van der Waals surface area contributed by atoms with E-state index in [-0.39, 0.29) is 29.9 Å². The molecule has 19 nitrogen and oxygen atoms in total. The number of hydrogen-bond donors (Lipinski definition) is 4. The van der Waals surface area contributed by atoms with E-state index in [4.69, 9.17) is 32.3 Å². The Balaban J connectivity index is 0.000000210. The van der Waals surface area contributed by atoms with E-state index in [2.05, 4.69) is 55.6 Å². The Kier molecular flexibility index (Phi) is 20.0. The number of aromatic nitrogens is 6. The number of H-pyrrole nitrogens is 2. The molecule has 20 heteroatoms. The summed E-state index contributed by atoms with van der Waals surface area (Å²) in [5, 5.41) is 12.5. The van der Waals surface area contributed by atoms with Gasteiger partial charge in [0.05, 0.1) is 31.1 Å². The number of amides is 3. The predicted octanol–water partition coefficient (Wildman–Crippen LogP) is 9.10. The van der Waals surface area contributed by atoms with Crippen molar-refractivity contribution < 1.29 is 28.3 Å². The highest BCUT2D eigenvalue weighted by molar-refractivity contribution is 6.34. The van der Waals surface area contributed by atoms with Crippen molar-refractivity contribution in [3.8, 4) is 28.0 Å². The van der Waals surface area contributed by atoms with Gasteiger partial charge in [0.2, 0.25) is 11.8 Å². The first-order valence-corrected chi connectivity index (χ1v) is 26.5. The minimum Gasteiger partial charge on any atom is -0.494 e. The summed E-state index contributed by atoms with van der Waals surface area (Å²) in [4.78, 5) is 68.0. The number of halogens is 1. The number of hydrazine groups is 1. The van der Waals surface area contributed by atoms with E-state index in [1.165, 1.54) is 17.4 Å². The van der Waals surface area contributed by atoms with Gasteiger partial charge in [0.1, 0.15) is 17.0 Å². The first-order chi connectivity index (χ1) is 38.1. The van der Waals surface area contributed by atoms with E-state index in [0.29, 0.717) is 74.0 Å². The molecule has 2 aliphatic heterocycles. The van der Waals surface area contributed by atoms with Crippen LogP contribution < -0.4 is 16.3 Å². The van der Waals surface area contributed by atoms with Crippen LogP contribution in [-0.2, 0) is 16.1 Å². The highest BCUT2D eigenvalue weighted by Gasteiger charge is 2.25. The van der Waals surface area contributed by atoms with Crippen molar-refractivity contribution in [2.45, 2.75) is 46.1 Å². The van der Waals surface area contributed by atoms with E-state index in [1.54, 1.807) is 61.6 Å². The molecule has 5 aromatic heterocycles. The molecule has 0 fully saturated rings. The summed E-state index contributed by atoms with van der Waals surface area (Å²) >= 11 is 6.81. The third-order valence-electron chi connectivity index (χ3n) is 13.0. The number of fused-ring (bicyclic) bond motifs is 3. The van der Waals surface area contributed by atoms with Gasteiger partial charge in [0, 0.05) is 135 Å². The molecule has 0 saturated carbocycles. The number of carbonyl (C=O) groups excluding carboxylic acids is 4. The van der Waals surface area contributed by atoms with Crippen molar-refractivity contribution in [1.29, 1.82) is 0 Å². The van der Waals surface area contributed by atoms with Crippen molar-refractivity contribution in [1.82, 2.24) is 54.6 Å². The lowest BCUT2D eigenvalue weighted by Crippen LogP contribution is -2.38. The van der Waals surface area contributed by atoms with Gasteiger partial charge in [-0.15, -0.1) is 5.10 Å². The molecule has 79 heavy (non-hydrogen) atoms. The first-order valence-electron chi connectivity index (χ1n) is 26.1. The molecule has 0 atom stereocenters. The Hall–Kier alpha value is -8.52. The van der Waals surface area contributed by atoms with Gasteiger partial charge in [0.25, 0.3) is 5.91 Å². The van der Waals surface area contributed by atoms with Crippen LogP contribution in [-0.4, -0.2) is 154 Å². The third kappa shape index (κ3) is 14.4. The van der Waals surface area contributed by atoms with Gasteiger partial charge in [-0.2, -0.15) is 0 Å². The number of methoxy groups -OCH3 is 1. The number of nitrogens with one attached hydrogen (secondary N) is 2. The molecule has 0 radical (unpaired) electrons. The quantitative estimate of drug-likeness (QED) is 0.0453. The monoisotopic (exact) mass is 1090 g/mol. The number of carbonyl (C=O) groups is 4.